The van der Waals surface area contributed by atoms with Gasteiger partial charge in [-0.1, -0.05) is 96.1 Å². The minimum Gasteiger partial charge on any atom is -0.497 e. The Morgan fingerprint density at radius 3 is 1.64 bits per heavy atom. The molecule has 1 unspecified atom stereocenters. The number of methoxy groups -OCH3 is 1. The van der Waals surface area contributed by atoms with Gasteiger partial charge in [-0.3, -0.25) is 0 Å². The highest BCUT2D eigenvalue weighted by atomic mass is 32.2. The van der Waals surface area contributed by atoms with E-state index in [0.29, 0.717) is 5.19 Å². The predicted molar refractivity (Wildman–Crippen MR) is 151 cm³/mol. The van der Waals surface area contributed by atoms with E-state index >= 15 is 0 Å². The zero-order valence-corrected chi connectivity index (χ0v) is 25.3. The highest BCUT2D eigenvalue weighted by Crippen LogP contribution is 2.52. The number of hydrogen-bond donors (Lipinski definition) is 0. The number of halogens is 3. The lowest BCUT2D eigenvalue weighted by molar-refractivity contribution is -0.0503. The summed E-state index contributed by atoms with van der Waals surface area (Å²) in [5.74, 6) is 0.290. The summed E-state index contributed by atoms with van der Waals surface area (Å²) >= 11 is 0. The van der Waals surface area contributed by atoms with E-state index in [4.69, 9.17) is 8.61 Å². The molecule has 3 aromatic rings. The molecule has 0 aliphatic heterocycles. The van der Waals surface area contributed by atoms with E-state index in [1.807, 2.05) is 36.4 Å². The van der Waals surface area contributed by atoms with Gasteiger partial charge < -0.3 is 8.61 Å². The van der Waals surface area contributed by atoms with E-state index in [2.05, 4.69) is 41.5 Å². The second-order valence-corrected chi connectivity index (χ2v) is 17.7. The van der Waals surface area contributed by atoms with Crippen LogP contribution in [0, 0.1) is 0 Å². The van der Waals surface area contributed by atoms with Gasteiger partial charge in [0.1, 0.15) is 5.75 Å². The average Bonchev–Trinajstić information content (AvgIpc) is 3.15. The molecular weight excluding hydrogens is 541 g/mol. The van der Waals surface area contributed by atoms with Crippen LogP contribution in [0.1, 0.15) is 69.3 Å². The zero-order valence-electron chi connectivity index (χ0n) is 23.5. The molecule has 0 N–H and O–H groups in total. The molecule has 0 radical (unpaired) electrons. The van der Waals surface area contributed by atoms with Gasteiger partial charge in [-0.2, -0.15) is 21.6 Å². The molecule has 210 valence electrons. The number of para-hydroxylation sites is 1. The second-order valence-electron chi connectivity index (χ2n) is 12.3. The van der Waals surface area contributed by atoms with Crippen molar-refractivity contribution in [2.75, 3.05) is 7.11 Å². The molecule has 0 amide bonds. The first-order chi connectivity index (χ1) is 17.8. The maximum atomic E-state index is 13.9. The minimum atomic E-state index is -5.94. The van der Waals surface area contributed by atoms with Gasteiger partial charge in [0.2, 0.25) is 0 Å². The van der Waals surface area contributed by atoms with Gasteiger partial charge in [0, 0.05) is 10.7 Å². The highest BCUT2D eigenvalue weighted by molar-refractivity contribution is 7.88. The lowest BCUT2D eigenvalue weighted by Crippen LogP contribution is -2.56. The van der Waals surface area contributed by atoms with Gasteiger partial charge in [0.25, 0.3) is 8.32 Å². The Balaban J connectivity index is 2.12. The third-order valence-electron chi connectivity index (χ3n) is 7.51. The molecule has 0 spiro atoms. The Bertz CT molecular complexity index is 1450. The van der Waals surface area contributed by atoms with Crippen molar-refractivity contribution in [1.82, 2.24) is 0 Å². The summed E-state index contributed by atoms with van der Waals surface area (Å²) in [5, 5.41) is 0.339. The van der Waals surface area contributed by atoms with Crippen molar-refractivity contribution in [2.45, 2.75) is 70.0 Å². The van der Waals surface area contributed by atoms with Gasteiger partial charge in [0.05, 0.1) is 7.11 Å². The normalized spacial score (nSPS) is 16.0. The fourth-order valence-electron chi connectivity index (χ4n) is 5.37. The third kappa shape index (κ3) is 5.16. The first-order valence-electron chi connectivity index (χ1n) is 12.8. The fourth-order valence-corrected chi connectivity index (χ4v) is 11.4. The zero-order chi connectivity index (χ0) is 29.2. The smallest absolute Gasteiger partial charge is 0.497 e. The second kappa shape index (κ2) is 9.49. The van der Waals surface area contributed by atoms with Gasteiger partial charge in [-0.25, -0.2) is 0 Å². The van der Waals surface area contributed by atoms with Crippen LogP contribution in [0.15, 0.2) is 60.7 Å². The molecule has 0 heterocycles. The van der Waals surface area contributed by atoms with E-state index in [1.165, 1.54) is 7.11 Å². The molecule has 39 heavy (non-hydrogen) atoms. The topological polar surface area (TPSA) is 52.6 Å². The molecule has 4 nitrogen and oxygen atoms in total. The minimum absolute atomic E-state index is 0.244. The van der Waals surface area contributed by atoms with Crippen LogP contribution in [0.4, 0.5) is 13.2 Å². The molecule has 1 atom stereocenters. The molecule has 4 rings (SSSR count). The van der Waals surface area contributed by atoms with E-state index < -0.39 is 29.5 Å². The Kier molecular flexibility index (Phi) is 7.14. The molecule has 9 heteroatoms. The number of benzene rings is 3. The summed E-state index contributed by atoms with van der Waals surface area (Å²) in [5.41, 5.74) is -1.57. The largest absolute Gasteiger partial charge is 0.522 e. The predicted octanol–water partition coefficient (Wildman–Crippen LogP) is 7.29. The van der Waals surface area contributed by atoms with Crippen LogP contribution in [0.25, 0.3) is 11.1 Å². The summed E-state index contributed by atoms with van der Waals surface area (Å²) in [6, 6.07) is 18.6. The number of hydrogen-bond acceptors (Lipinski definition) is 4. The van der Waals surface area contributed by atoms with E-state index in [0.717, 1.165) is 33.4 Å². The van der Waals surface area contributed by atoms with Crippen LogP contribution in [0.5, 0.6) is 5.75 Å². The van der Waals surface area contributed by atoms with Crippen molar-refractivity contribution in [3.05, 3.63) is 82.9 Å². The summed E-state index contributed by atoms with van der Waals surface area (Å²) in [7, 11) is -8.63. The van der Waals surface area contributed by atoms with Crippen molar-refractivity contribution >= 4 is 23.6 Å². The van der Waals surface area contributed by atoms with Crippen LogP contribution in [-0.2, 0) is 24.8 Å². The summed E-state index contributed by atoms with van der Waals surface area (Å²) in [6.45, 7) is 13.9. The van der Waals surface area contributed by atoms with E-state index in [-0.39, 0.29) is 16.6 Å². The van der Waals surface area contributed by atoms with Crippen LogP contribution >= 0.6 is 0 Å². The Morgan fingerprint density at radius 2 is 1.23 bits per heavy atom. The highest BCUT2D eigenvalue weighted by Gasteiger charge is 2.57. The van der Waals surface area contributed by atoms with Crippen LogP contribution in [-0.4, -0.2) is 29.4 Å². The van der Waals surface area contributed by atoms with E-state index in [9.17, 15) is 21.6 Å². The van der Waals surface area contributed by atoms with Gasteiger partial charge in [-0.05, 0) is 56.8 Å². The number of alkyl halides is 3. The van der Waals surface area contributed by atoms with Crippen LogP contribution < -0.4 is 9.92 Å². The molecule has 0 aromatic heterocycles. The summed E-state index contributed by atoms with van der Waals surface area (Å²) < 4.78 is 78.1. The van der Waals surface area contributed by atoms with Crippen molar-refractivity contribution in [1.29, 1.82) is 0 Å². The standard InChI is InChI=1S/C30H35F3O4SSi/c1-28(2,3)19-13-15-21-22-16-14-20(29(4,5)6)18-24(22)27(23(21)17-19)39(8,37-38(34,35)30(31,32)33)26-12-10-9-11-25(26)36-7/h9-18,27H,1-8H3. The quantitative estimate of drug-likeness (QED) is 0.236. The lowest BCUT2D eigenvalue weighted by atomic mass is 9.85. The Labute approximate surface area is 230 Å². The van der Waals surface area contributed by atoms with E-state index in [1.54, 1.807) is 30.8 Å². The molecule has 1 aliphatic carbocycles. The number of fused-ring (bicyclic) bond motifs is 3. The van der Waals surface area contributed by atoms with Crippen LogP contribution in [0.2, 0.25) is 6.55 Å². The molecule has 0 fully saturated rings. The first kappa shape index (κ1) is 29.4. The van der Waals surface area contributed by atoms with Gasteiger partial charge in [-0.15, -0.1) is 0 Å². The molecule has 1 aliphatic rings. The first-order valence-corrected chi connectivity index (χ1v) is 16.7. The fraction of sp³-hybridized carbons (Fsp3) is 0.400. The molecule has 0 saturated carbocycles. The molecule has 0 bridgehead atoms. The van der Waals surface area contributed by atoms with Crippen molar-refractivity contribution in [2.24, 2.45) is 0 Å². The van der Waals surface area contributed by atoms with Crippen molar-refractivity contribution < 1.29 is 30.2 Å². The number of rotatable bonds is 5. The molecule has 3 aromatic carbocycles. The number of ether oxygens (including phenoxy) is 1. The average molecular weight is 577 g/mol. The SMILES string of the molecule is COc1ccccc1[Si](C)(OS(=O)(=O)C(F)(F)F)C1c2cc(C(C)(C)C)ccc2-c2ccc(C(C)(C)C)cc21. The van der Waals surface area contributed by atoms with Gasteiger partial charge >= 0.3 is 15.6 Å². The summed E-state index contributed by atoms with van der Waals surface area (Å²) in [6.07, 6.45) is 0. The maximum Gasteiger partial charge on any atom is 0.522 e. The van der Waals surface area contributed by atoms with Crippen molar-refractivity contribution in [3.8, 4) is 16.9 Å². The molecular formula is C30H35F3O4SSi. The molecule has 0 saturated heterocycles. The van der Waals surface area contributed by atoms with Crippen LogP contribution in [0.3, 0.4) is 0 Å². The lowest BCUT2D eigenvalue weighted by Gasteiger charge is -2.35. The Hall–Kier alpha value is -2.62. The monoisotopic (exact) mass is 576 g/mol. The summed E-state index contributed by atoms with van der Waals surface area (Å²) in [4.78, 5) is 0. The third-order valence-corrected chi connectivity index (χ3v) is 13.5. The maximum absolute atomic E-state index is 13.9. The van der Waals surface area contributed by atoms with Gasteiger partial charge in [0.15, 0.2) is 0 Å². The Morgan fingerprint density at radius 1 is 0.769 bits per heavy atom. The van der Waals surface area contributed by atoms with Crippen molar-refractivity contribution in [3.63, 3.8) is 0 Å².